The van der Waals surface area contributed by atoms with E-state index in [1.807, 2.05) is 6.92 Å². The summed E-state index contributed by atoms with van der Waals surface area (Å²) < 4.78 is 10.6. The Bertz CT molecular complexity index is 284. The molecule has 0 aromatic heterocycles. The van der Waals surface area contributed by atoms with Crippen LogP contribution in [0.25, 0.3) is 0 Å². The SMILES string of the molecule is COC1=C[C@@H]2[C@H](C[C@]1(C)C=O)[C@@H]2OC. The number of allylic oxidation sites excluding steroid dienone is 1. The summed E-state index contributed by atoms with van der Waals surface area (Å²) >= 11 is 0. The molecule has 0 N–H and O–H groups in total. The molecule has 2 aliphatic carbocycles. The molecular weight excluding hydrogens is 180 g/mol. The van der Waals surface area contributed by atoms with E-state index in [4.69, 9.17) is 9.47 Å². The highest BCUT2D eigenvalue weighted by Gasteiger charge is 2.56. The lowest BCUT2D eigenvalue weighted by Gasteiger charge is -2.27. The predicted octanol–water partition coefficient (Wildman–Crippen LogP) is 1.39. The third kappa shape index (κ3) is 1.19. The first-order chi connectivity index (χ1) is 6.66. The third-order valence-electron chi connectivity index (χ3n) is 3.47. The van der Waals surface area contributed by atoms with Gasteiger partial charge in [-0.05, 0) is 25.3 Å². The maximum absolute atomic E-state index is 11.0. The second-order valence-electron chi connectivity index (χ2n) is 4.42. The first kappa shape index (κ1) is 9.71. The molecule has 0 spiro atoms. The lowest BCUT2D eigenvalue weighted by Crippen LogP contribution is -2.26. The summed E-state index contributed by atoms with van der Waals surface area (Å²) in [6, 6.07) is 0. The molecule has 2 rings (SSSR count). The Labute approximate surface area is 84.1 Å². The van der Waals surface area contributed by atoms with Crippen LogP contribution in [0.5, 0.6) is 0 Å². The molecule has 0 aromatic carbocycles. The summed E-state index contributed by atoms with van der Waals surface area (Å²) in [4.78, 5) is 11.0. The summed E-state index contributed by atoms with van der Waals surface area (Å²) in [5.74, 6) is 1.77. The standard InChI is InChI=1S/C11H16O3/c1-11(6-12)5-8-7(10(8)14-3)4-9(11)13-2/h4,6-8,10H,5H2,1-3H3/t7-,8+,10-,11-/m1/s1. The molecule has 0 radical (unpaired) electrons. The maximum atomic E-state index is 11.0. The van der Waals surface area contributed by atoms with Crippen LogP contribution in [0.15, 0.2) is 11.8 Å². The summed E-state index contributed by atoms with van der Waals surface area (Å²) in [6.45, 7) is 1.93. The van der Waals surface area contributed by atoms with Gasteiger partial charge in [0.2, 0.25) is 0 Å². The van der Waals surface area contributed by atoms with Gasteiger partial charge in [0.1, 0.15) is 12.0 Å². The minimum Gasteiger partial charge on any atom is -0.500 e. The predicted molar refractivity (Wildman–Crippen MR) is 51.7 cm³/mol. The van der Waals surface area contributed by atoms with Crippen LogP contribution in [0.2, 0.25) is 0 Å². The summed E-state index contributed by atoms with van der Waals surface area (Å²) in [7, 11) is 3.35. The van der Waals surface area contributed by atoms with Gasteiger partial charge < -0.3 is 14.3 Å². The maximum Gasteiger partial charge on any atom is 0.133 e. The molecule has 2 aliphatic rings. The Balaban J connectivity index is 2.23. The number of aldehydes is 1. The molecule has 0 amide bonds. The van der Waals surface area contributed by atoms with Crippen LogP contribution < -0.4 is 0 Å². The van der Waals surface area contributed by atoms with Crippen molar-refractivity contribution in [3.05, 3.63) is 11.8 Å². The van der Waals surface area contributed by atoms with E-state index in [0.717, 1.165) is 18.5 Å². The molecule has 0 aromatic rings. The van der Waals surface area contributed by atoms with Gasteiger partial charge in [-0.25, -0.2) is 0 Å². The quantitative estimate of drug-likeness (QED) is 0.640. The lowest BCUT2D eigenvalue weighted by atomic mass is 9.80. The highest BCUT2D eigenvalue weighted by Crippen LogP contribution is 2.55. The van der Waals surface area contributed by atoms with Gasteiger partial charge in [-0.1, -0.05) is 0 Å². The number of methoxy groups -OCH3 is 2. The molecule has 0 aliphatic heterocycles. The molecule has 3 nitrogen and oxygen atoms in total. The Morgan fingerprint density at radius 3 is 2.79 bits per heavy atom. The van der Waals surface area contributed by atoms with Crippen molar-refractivity contribution >= 4 is 6.29 Å². The number of hydrogen-bond donors (Lipinski definition) is 0. The van der Waals surface area contributed by atoms with Gasteiger partial charge in [-0.3, -0.25) is 0 Å². The van der Waals surface area contributed by atoms with Gasteiger partial charge in [-0.2, -0.15) is 0 Å². The molecule has 1 saturated carbocycles. The van der Waals surface area contributed by atoms with Crippen molar-refractivity contribution in [1.82, 2.24) is 0 Å². The molecule has 3 heteroatoms. The molecule has 14 heavy (non-hydrogen) atoms. The van der Waals surface area contributed by atoms with E-state index in [9.17, 15) is 4.79 Å². The van der Waals surface area contributed by atoms with Crippen LogP contribution in [-0.2, 0) is 14.3 Å². The second-order valence-corrected chi connectivity index (χ2v) is 4.42. The molecule has 1 fully saturated rings. The van der Waals surface area contributed by atoms with E-state index in [1.165, 1.54) is 0 Å². The fourth-order valence-electron chi connectivity index (χ4n) is 2.53. The van der Waals surface area contributed by atoms with Crippen molar-refractivity contribution in [1.29, 1.82) is 0 Å². The van der Waals surface area contributed by atoms with E-state index in [-0.39, 0.29) is 0 Å². The first-order valence-corrected chi connectivity index (χ1v) is 4.91. The van der Waals surface area contributed by atoms with E-state index < -0.39 is 5.41 Å². The van der Waals surface area contributed by atoms with Gasteiger partial charge in [0.05, 0.1) is 18.6 Å². The number of hydrogen-bond acceptors (Lipinski definition) is 3. The smallest absolute Gasteiger partial charge is 0.133 e. The van der Waals surface area contributed by atoms with E-state index in [0.29, 0.717) is 17.9 Å². The highest BCUT2D eigenvalue weighted by atomic mass is 16.5. The van der Waals surface area contributed by atoms with Crippen molar-refractivity contribution in [2.75, 3.05) is 14.2 Å². The van der Waals surface area contributed by atoms with Crippen LogP contribution in [0, 0.1) is 17.3 Å². The van der Waals surface area contributed by atoms with Gasteiger partial charge in [0.15, 0.2) is 0 Å². The minimum absolute atomic E-state index is 0.293. The number of ether oxygens (including phenoxy) is 2. The molecule has 78 valence electrons. The summed E-state index contributed by atoms with van der Waals surface area (Å²) in [5, 5.41) is 0. The van der Waals surface area contributed by atoms with Crippen LogP contribution in [0.4, 0.5) is 0 Å². The van der Waals surface area contributed by atoms with Crippen molar-refractivity contribution in [2.24, 2.45) is 17.3 Å². The average Bonchev–Trinajstić information content (AvgIpc) is 2.87. The zero-order chi connectivity index (χ0) is 10.3. The Morgan fingerprint density at radius 2 is 2.29 bits per heavy atom. The number of rotatable bonds is 3. The third-order valence-corrected chi connectivity index (χ3v) is 3.47. The highest BCUT2D eigenvalue weighted by molar-refractivity contribution is 5.64. The number of carbonyl (C=O) groups is 1. The normalized spacial score (nSPS) is 45.1. The number of fused-ring (bicyclic) bond motifs is 1. The zero-order valence-electron chi connectivity index (χ0n) is 8.82. The van der Waals surface area contributed by atoms with Crippen LogP contribution >= 0.6 is 0 Å². The van der Waals surface area contributed by atoms with Crippen LogP contribution in [0.1, 0.15) is 13.3 Å². The number of carbonyl (C=O) groups excluding carboxylic acids is 1. The van der Waals surface area contributed by atoms with E-state index in [1.54, 1.807) is 14.2 Å². The minimum atomic E-state index is -0.441. The molecule has 0 unspecified atom stereocenters. The van der Waals surface area contributed by atoms with Gasteiger partial charge >= 0.3 is 0 Å². The van der Waals surface area contributed by atoms with Crippen molar-refractivity contribution in [3.8, 4) is 0 Å². The van der Waals surface area contributed by atoms with Crippen molar-refractivity contribution in [3.63, 3.8) is 0 Å². The molecule has 0 heterocycles. The largest absolute Gasteiger partial charge is 0.500 e. The first-order valence-electron chi connectivity index (χ1n) is 4.91. The Kier molecular flexibility index (Phi) is 2.14. The fraction of sp³-hybridized carbons (Fsp3) is 0.727. The van der Waals surface area contributed by atoms with Crippen molar-refractivity contribution < 1.29 is 14.3 Å². The molecule has 0 bridgehead atoms. The van der Waals surface area contributed by atoms with Gasteiger partial charge in [0.25, 0.3) is 0 Å². The topological polar surface area (TPSA) is 35.5 Å². The zero-order valence-corrected chi connectivity index (χ0v) is 8.82. The van der Waals surface area contributed by atoms with E-state index >= 15 is 0 Å². The lowest BCUT2D eigenvalue weighted by molar-refractivity contribution is -0.116. The molecule has 0 saturated heterocycles. The summed E-state index contributed by atoms with van der Waals surface area (Å²) in [6.07, 6.45) is 4.18. The Hall–Kier alpha value is -0.830. The second kappa shape index (κ2) is 3.09. The van der Waals surface area contributed by atoms with Gasteiger partial charge in [0, 0.05) is 13.0 Å². The van der Waals surface area contributed by atoms with Crippen molar-refractivity contribution in [2.45, 2.75) is 19.4 Å². The Morgan fingerprint density at radius 1 is 1.57 bits per heavy atom. The van der Waals surface area contributed by atoms with Crippen LogP contribution in [0.3, 0.4) is 0 Å². The monoisotopic (exact) mass is 196 g/mol. The van der Waals surface area contributed by atoms with Crippen LogP contribution in [-0.4, -0.2) is 26.6 Å². The van der Waals surface area contributed by atoms with Gasteiger partial charge in [-0.15, -0.1) is 0 Å². The van der Waals surface area contributed by atoms with E-state index in [2.05, 4.69) is 6.08 Å². The average molecular weight is 196 g/mol. The summed E-state index contributed by atoms with van der Waals surface area (Å²) in [5.41, 5.74) is -0.441. The fourth-order valence-corrected chi connectivity index (χ4v) is 2.53. The molecular formula is C11H16O3. The molecule has 4 atom stereocenters.